The van der Waals surface area contributed by atoms with Crippen molar-refractivity contribution in [3.63, 3.8) is 0 Å². The molecule has 0 saturated carbocycles. The summed E-state index contributed by atoms with van der Waals surface area (Å²) < 4.78 is 0. The van der Waals surface area contributed by atoms with Crippen LogP contribution in [0.25, 0.3) is 0 Å². The van der Waals surface area contributed by atoms with Crippen molar-refractivity contribution in [2.45, 2.75) is 32.2 Å². The summed E-state index contributed by atoms with van der Waals surface area (Å²) in [5, 5.41) is 9.19. The van der Waals surface area contributed by atoms with Gasteiger partial charge in [-0.3, -0.25) is 0 Å². The Labute approximate surface area is 70.1 Å². The minimum atomic E-state index is -1.30. The van der Waals surface area contributed by atoms with Crippen LogP contribution in [0.2, 0.25) is 19.6 Å². The number of aliphatic hydroxyl groups excluding tert-OH is 1. The monoisotopic (exact) mass is 168 g/mol. The zero-order chi connectivity index (χ0) is 8.91. The van der Waals surface area contributed by atoms with Crippen LogP contribution >= 0.6 is 0 Å². The highest BCUT2D eigenvalue weighted by molar-refractivity contribution is 6.83. The van der Waals surface area contributed by atoms with E-state index in [4.69, 9.17) is 0 Å². The van der Waals surface area contributed by atoms with Gasteiger partial charge in [-0.05, 0) is 0 Å². The second kappa shape index (κ2) is 4.37. The van der Waals surface area contributed by atoms with Crippen molar-refractivity contribution in [3.05, 3.63) is 12.7 Å². The van der Waals surface area contributed by atoms with Gasteiger partial charge in [-0.1, -0.05) is 31.6 Å². The third-order valence-electron chi connectivity index (χ3n) is 1.00. The van der Waals surface area contributed by atoms with Gasteiger partial charge in [-0.25, -0.2) is 0 Å². The Bertz CT molecular complexity index is 180. The quantitative estimate of drug-likeness (QED) is 0.379. The Balaban J connectivity index is 3.96. The van der Waals surface area contributed by atoms with E-state index in [2.05, 4.69) is 37.7 Å². The van der Waals surface area contributed by atoms with E-state index >= 15 is 0 Å². The molecule has 0 saturated heterocycles. The maximum Gasteiger partial charge on any atom is 0.129 e. The average Bonchev–Trinajstić information content (AvgIpc) is 1.83. The van der Waals surface area contributed by atoms with Crippen molar-refractivity contribution in [1.29, 1.82) is 0 Å². The average molecular weight is 168 g/mol. The van der Waals surface area contributed by atoms with Crippen molar-refractivity contribution >= 4 is 8.07 Å². The van der Waals surface area contributed by atoms with E-state index in [0.29, 0.717) is 6.42 Å². The fourth-order valence-corrected chi connectivity index (χ4v) is 1.12. The maximum atomic E-state index is 9.19. The summed E-state index contributed by atoms with van der Waals surface area (Å²) in [5.74, 6) is 2.82. The predicted molar refractivity (Wildman–Crippen MR) is 51.9 cm³/mol. The smallest absolute Gasteiger partial charge is 0.129 e. The Kier molecular flexibility index (Phi) is 4.17. The van der Waals surface area contributed by atoms with E-state index in [9.17, 15) is 5.11 Å². The molecule has 1 atom stereocenters. The highest BCUT2D eigenvalue weighted by Crippen LogP contribution is 1.97. The number of hydrogen-bond donors (Lipinski definition) is 1. The predicted octanol–water partition coefficient (Wildman–Crippen LogP) is 1.80. The first-order valence-electron chi connectivity index (χ1n) is 3.77. The van der Waals surface area contributed by atoms with Crippen LogP contribution in [-0.4, -0.2) is 19.3 Å². The molecule has 2 heteroatoms. The lowest BCUT2D eigenvalue weighted by Gasteiger charge is -2.04. The van der Waals surface area contributed by atoms with Crippen LogP contribution in [0.1, 0.15) is 6.42 Å². The van der Waals surface area contributed by atoms with Gasteiger partial charge < -0.3 is 5.11 Å². The second-order valence-corrected chi connectivity index (χ2v) is 8.31. The molecule has 1 nitrogen and oxygen atoms in total. The van der Waals surface area contributed by atoms with Crippen LogP contribution in [0.4, 0.5) is 0 Å². The minimum Gasteiger partial charge on any atom is -0.380 e. The summed E-state index contributed by atoms with van der Waals surface area (Å²) in [7, 11) is -1.30. The molecule has 1 N–H and O–H groups in total. The molecular formula is C9H16OSi. The van der Waals surface area contributed by atoms with Crippen molar-refractivity contribution in [1.82, 2.24) is 0 Å². The van der Waals surface area contributed by atoms with Gasteiger partial charge in [0.2, 0.25) is 0 Å². The highest BCUT2D eigenvalue weighted by Gasteiger charge is 2.07. The first kappa shape index (κ1) is 10.5. The minimum absolute atomic E-state index is 0.515. The molecule has 0 amide bonds. The molecule has 0 bridgehead atoms. The van der Waals surface area contributed by atoms with E-state index in [0.717, 1.165) is 0 Å². The summed E-state index contributed by atoms with van der Waals surface area (Å²) in [4.78, 5) is 0. The van der Waals surface area contributed by atoms with Crippen molar-refractivity contribution in [2.24, 2.45) is 0 Å². The summed E-state index contributed by atoms with van der Waals surface area (Å²) in [6, 6.07) is 0. The normalized spacial score (nSPS) is 13.1. The van der Waals surface area contributed by atoms with Crippen LogP contribution in [0, 0.1) is 11.5 Å². The van der Waals surface area contributed by atoms with Gasteiger partial charge in [-0.15, -0.1) is 12.1 Å². The molecule has 1 unspecified atom stereocenters. The third kappa shape index (κ3) is 7.37. The summed E-state index contributed by atoms with van der Waals surface area (Å²) >= 11 is 0. The van der Waals surface area contributed by atoms with E-state index < -0.39 is 14.2 Å². The van der Waals surface area contributed by atoms with Gasteiger partial charge in [0.15, 0.2) is 0 Å². The molecule has 0 aromatic heterocycles. The lowest BCUT2D eigenvalue weighted by atomic mass is 10.3. The summed E-state index contributed by atoms with van der Waals surface area (Å²) in [6.07, 6.45) is 1.74. The van der Waals surface area contributed by atoms with Crippen LogP contribution in [0.5, 0.6) is 0 Å². The molecule has 62 valence electrons. The van der Waals surface area contributed by atoms with Gasteiger partial charge in [0.05, 0.1) is 0 Å². The topological polar surface area (TPSA) is 20.2 Å². The molecule has 0 aromatic carbocycles. The Morgan fingerprint density at radius 2 is 2.09 bits per heavy atom. The molecule has 0 fully saturated rings. The molecule has 0 spiro atoms. The molecule has 0 aliphatic heterocycles. The fraction of sp³-hybridized carbons (Fsp3) is 0.556. The number of hydrogen-bond acceptors (Lipinski definition) is 1. The van der Waals surface area contributed by atoms with E-state index in [1.807, 2.05) is 0 Å². The molecule has 0 radical (unpaired) electrons. The Morgan fingerprint density at radius 3 is 2.45 bits per heavy atom. The van der Waals surface area contributed by atoms with Crippen molar-refractivity contribution < 1.29 is 5.11 Å². The van der Waals surface area contributed by atoms with E-state index in [1.54, 1.807) is 6.08 Å². The Morgan fingerprint density at radius 1 is 1.55 bits per heavy atom. The van der Waals surface area contributed by atoms with Gasteiger partial charge >= 0.3 is 0 Å². The first-order valence-corrected chi connectivity index (χ1v) is 7.27. The molecule has 0 rings (SSSR count). The van der Waals surface area contributed by atoms with Gasteiger partial charge in [0.25, 0.3) is 0 Å². The highest BCUT2D eigenvalue weighted by atomic mass is 28.3. The van der Waals surface area contributed by atoms with Gasteiger partial charge in [0.1, 0.15) is 14.2 Å². The van der Waals surface area contributed by atoms with Crippen LogP contribution < -0.4 is 0 Å². The van der Waals surface area contributed by atoms with E-state index in [1.165, 1.54) is 0 Å². The lowest BCUT2D eigenvalue weighted by Crippen LogP contribution is -2.17. The molecule has 0 aliphatic rings. The van der Waals surface area contributed by atoms with E-state index in [-0.39, 0.29) is 0 Å². The SMILES string of the molecule is C=CCC(O)C#C[Si](C)(C)C. The molecule has 0 heterocycles. The molecular weight excluding hydrogens is 152 g/mol. The standard InChI is InChI=1S/C9H16OSi/c1-5-6-9(10)7-8-11(2,3)4/h5,9-10H,1,6H2,2-4H3. The second-order valence-electron chi connectivity index (χ2n) is 3.56. The summed E-state index contributed by atoms with van der Waals surface area (Å²) in [6.45, 7) is 9.99. The fourth-order valence-electron chi connectivity index (χ4n) is 0.517. The Hall–Kier alpha value is -0.523. The first-order chi connectivity index (χ1) is 4.95. The lowest BCUT2D eigenvalue weighted by molar-refractivity contribution is 0.236. The molecule has 0 aromatic rings. The van der Waals surface area contributed by atoms with Crippen LogP contribution in [0.15, 0.2) is 12.7 Å². The van der Waals surface area contributed by atoms with Gasteiger partial charge in [0, 0.05) is 6.42 Å². The zero-order valence-electron chi connectivity index (χ0n) is 7.52. The maximum absolute atomic E-state index is 9.19. The molecule has 11 heavy (non-hydrogen) atoms. The number of rotatable bonds is 2. The summed E-state index contributed by atoms with van der Waals surface area (Å²) in [5.41, 5.74) is 3.10. The van der Waals surface area contributed by atoms with Crippen molar-refractivity contribution in [2.75, 3.05) is 0 Å². The van der Waals surface area contributed by atoms with Crippen molar-refractivity contribution in [3.8, 4) is 11.5 Å². The third-order valence-corrected chi connectivity index (χ3v) is 1.90. The van der Waals surface area contributed by atoms with Gasteiger partial charge in [-0.2, -0.15) is 0 Å². The zero-order valence-corrected chi connectivity index (χ0v) is 8.52. The van der Waals surface area contributed by atoms with Crippen LogP contribution in [-0.2, 0) is 0 Å². The molecule has 0 aliphatic carbocycles. The number of aliphatic hydroxyl groups is 1. The largest absolute Gasteiger partial charge is 0.380 e. The van der Waals surface area contributed by atoms with Crippen LogP contribution in [0.3, 0.4) is 0 Å².